The zero-order valence-corrected chi connectivity index (χ0v) is 13.5. The van der Waals surface area contributed by atoms with Crippen molar-refractivity contribution in [3.8, 4) is 6.07 Å². The molecule has 0 aromatic carbocycles. The molecule has 3 unspecified atom stereocenters. The summed E-state index contributed by atoms with van der Waals surface area (Å²) in [5, 5.41) is 9.72. The molecular weight excluding hydrogens is 294 g/mol. The van der Waals surface area contributed by atoms with Crippen LogP contribution in [0, 0.1) is 22.7 Å². The van der Waals surface area contributed by atoms with E-state index in [1.807, 2.05) is 18.2 Å². The van der Waals surface area contributed by atoms with Crippen molar-refractivity contribution in [2.75, 3.05) is 13.7 Å². The Kier molecular flexibility index (Phi) is 4.45. The van der Waals surface area contributed by atoms with Gasteiger partial charge in [0.05, 0.1) is 25.0 Å². The van der Waals surface area contributed by atoms with Crippen molar-refractivity contribution in [3.63, 3.8) is 0 Å². The van der Waals surface area contributed by atoms with Gasteiger partial charge in [-0.05, 0) is 37.8 Å². The summed E-state index contributed by atoms with van der Waals surface area (Å²) in [5.74, 6) is -1.33. The predicted molar refractivity (Wildman–Crippen MR) is 83.1 cm³/mol. The van der Waals surface area contributed by atoms with Gasteiger partial charge in [0.2, 0.25) is 0 Å². The molecule has 2 fully saturated rings. The van der Waals surface area contributed by atoms with Crippen molar-refractivity contribution in [1.82, 2.24) is 0 Å². The topological polar surface area (TPSA) is 68.6 Å². The van der Waals surface area contributed by atoms with E-state index < -0.39 is 17.3 Å². The highest BCUT2D eigenvalue weighted by atomic mass is 16.5. The van der Waals surface area contributed by atoms with Crippen LogP contribution in [0.25, 0.3) is 0 Å². The summed E-state index contributed by atoms with van der Waals surface area (Å²) in [6.45, 7) is 0.548. The summed E-state index contributed by atoms with van der Waals surface area (Å²) < 4.78 is 16.9. The molecule has 0 radical (unpaired) electrons. The molecule has 1 saturated heterocycles. The normalized spacial score (nSPS) is 33.0. The number of nitriles is 1. The largest absolute Gasteiger partial charge is 0.493 e. The Morgan fingerprint density at radius 1 is 1.35 bits per heavy atom. The highest BCUT2D eigenvalue weighted by Gasteiger charge is 2.57. The van der Waals surface area contributed by atoms with E-state index in [-0.39, 0.29) is 11.7 Å². The van der Waals surface area contributed by atoms with Crippen molar-refractivity contribution in [2.45, 2.75) is 50.2 Å². The number of hydrogen-bond acceptors (Lipinski definition) is 5. The molecule has 3 rings (SSSR count). The number of rotatable bonds is 3. The minimum absolute atomic E-state index is 0.222. The first-order valence-corrected chi connectivity index (χ1v) is 8.26. The molecule has 1 aliphatic carbocycles. The third kappa shape index (κ3) is 2.76. The number of esters is 1. The third-order valence-electron chi connectivity index (χ3n) is 5.55. The zero-order valence-electron chi connectivity index (χ0n) is 13.5. The molecule has 2 aliphatic heterocycles. The maximum Gasteiger partial charge on any atom is 0.323 e. The zero-order chi connectivity index (χ0) is 16.3. The molecule has 23 heavy (non-hydrogen) atoms. The lowest BCUT2D eigenvalue weighted by Gasteiger charge is -2.50. The number of carbonyl (C=O) groups excluding carboxylic acids is 1. The minimum Gasteiger partial charge on any atom is -0.493 e. The van der Waals surface area contributed by atoms with Gasteiger partial charge in [-0.3, -0.25) is 4.79 Å². The van der Waals surface area contributed by atoms with Gasteiger partial charge >= 0.3 is 5.97 Å². The van der Waals surface area contributed by atoms with Gasteiger partial charge in [0.25, 0.3) is 0 Å². The lowest BCUT2D eigenvalue weighted by Crippen LogP contribution is -2.54. The van der Waals surface area contributed by atoms with Crippen LogP contribution in [0.4, 0.5) is 0 Å². The lowest BCUT2D eigenvalue weighted by molar-refractivity contribution is -0.176. The number of allylic oxidation sites excluding steroid dienone is 2. The molecule has 1 saturated carbocycles. The van der Waals surface area contributed by atoms with Crippen LogP contribution in [0.15, 0.2) is 24.5 Å². The van der Waals surface area contributed by atoms with E-state index in [0.717, 1.165) is 25.7 Å². The van der Waals surface area contributed by atoms with Gasteiger partial charge in [0.1, 0.15) is 6.10 Å². The monoisotopic (exact) mass is 317 g/mol. The summed E-state index contributed by atoms with van der Waals surface area (Å²) in [7, 11) is 1.34. The van der Waals surface area contributed by atoms with Crippen LogP contribution in [-0.4, -0.2) is 31.4 Å². The van der Waals surface area contributed by atoms with E-state index >= 15 is 0 Å². The molecule has 0 bridgehead atoms. The Labute approximate surface area is 136 Å². The Morgan fingerprint density at radius 2 is 2.13 bits per heavy atom. The molecule has 2 heterocycles. The Balaban J connectivity index is 1.99. The first-order valence-electron chi connectivity index (χ1n) is 8.26. The molecule has 0 amide bonds. The van der Waals surface area contributed by atoms with Crippen molar-refractivity contribution < 1.29 is 19.0 Å². The van der Waals surface area contributed by atoms with Crippen molar-refractivity contribution in [2.24, 2.45) is 11.3 Å². The standard InChI is InChI=1S/C18H23NO4/c1-21-16(20)14(12-19)18(15-6-2-5-10-22-15)9-11-23-17(13-18)7-3-4-8-17/h2,5-6,10,14-15H,3-4,7-9,11,13H2,1H3. The van der Waals surface area contributed by atoms with Gasteiger partial charge in [-0.1, -0.05) is 18.9 Å². The molecule has 124 valence electrons. The van der Waals surface area contributed by atoms with E-state index in [4.69, 9.17) is 14.2 Å². The lowest BCUT2D eigenvalue weighted by atomic mass is 9.61. The predicted octanol–water partition coefficient (Wildman–Crippen LogP) is 2.88. The van der Waals surface area contributed by atoms with Crippen LogP contribution in [0.1, 0.15) is 38.5 Å². The summed E-state index contributed by atoms with van der Waals surface area (Å²) >= 11 is 0. The minimum atomic E-state index is -0.852. The third-order valence-corrected chi connectivity index (χ3v) is 5.55. The SMILES string of the molecule is COC(=O)C(C#N)C1(C2C=CC=CO2)CCOC2(CCCC2)C1. The van der Waals surface area contributed by atoms with Gasteiger partial charge in [-0.2, -0.15) is 5.26 Å². The molecule has 0 aromatic heterocycles. The van der Waals surface area contributed by atoms with Gasteiger partial charge in [0, 0.05) is 12.0 Å². The Bertz CT molecular complexity index is 556. The molecule has 5 heteroatoms. The number of carbonyl (C=O) groups is 1. The second kappa shape index (κ2) is 6.37. The molecule has 3 aliphatic rings. The summed E-state index contributed by atoms with van der Waals surface area (Å²) in [4.78, 5) is 12.3. The first-order chi connectivity index (χ1) is 11.2. The summed E-state index contributed by atoms with van der Waals surface area (Å²) in [6, 6.07) is 2.20. The molecular formula is C18H23NO4. The molecule has 0 N–H and O–H groups in total. The maximum atomic E-state index is 12.3. The smallest absolute Gasteiger partial charge is 0.323 e. The summed E-state index contributed by atoms with van der Waals surface area (Å²) in [5.41, 5.74) is -0.828. The Hall–Kier alpha value is -1.80. The van der Waals surface area contributed by atoms with Crippen LogP contribution in [0.3, 0.4) is 0 Å². The quantitative estimate of drug-likeness (QED) is 0.749. The molecule has 5 nitrogen and oxygen atoms in total. The number of nitrogens with zero attached hydrogens (tertiary/aromatic N) is 1. The average Bonchev–Trinajstić information content (AvgIpc) is 3.03. The van der Waals surface area contributed by atoms with Crippen LogP contribution in [-0.2, 0) is 19.0 Å². The fourth-order valence-electron chi connectivity index (χ4n) is 4.44. The maximum absolute atomic E-state index is 12.3. The number of methoxy groups -OCH3 is 1. The van der Waals surface area contributed by atoms with Crippen LogP contribution < -0.4 is 0 Å². The van der Waals surface area contributed by atoms with Crippen molar-refractivity contribution in [3.05, 3.63) is 24.5 Å². The van der Waals surface area contributed by atoms with E-state index in [0.29, 0.717) is 19.4 Å². The van der Waals surface area contributed by atoms with Gasteiger partial charge < -0.3 is 14.2 Å². The number of hydrogen-bond donors (Lipinski definition) is 0. The van der Waals surface area contributed by atoms with Crippen molar-refractivity contribution in [1.29, 1.82) is 5.26 Å². The van der Waals surface area contributed by atoms with Crippen LogP contribution in [0.2, 0.25) is 0 Å². The fourth-order valence-corrected chi connectivity index (χ4v) is 4.44. The van der Waals surface area contributed by atoms with Gasteiger partial charge in [-0.25, -0.2) is 0 Å². The van der Waals surface area contributed by atoms with E-state index in [9.17, 15) is 10.1 Å². The van der Waals surface area contributed by atoms with Crippen LogP contribution in [0.5, 0.6) is 0 Å². The molecule has 1 spiro atoms. The average molecular weight is 317 g/mol. The second-order valence-electron chi connectivity index (χ2n) is 6.75. The molecule has 0 aromatic rings. The highest BCUT2D eigenvalue weighted by Crippen LogP contribution is 2.53. The van der Waals surface area contributed by atoms with Crippen molar-refractivity contribution >= 4 is 5.97 Å². The van der Waals surface area contributed by atoms with E-state index in [1.165, 1.54) is 7.11 Å². The molecule has 3 atom stereocenters. The van der Waals surface area contributed by atoms with Gasteiger partial charge in [0.15, 0.2) is 5.92 Å². The fraction of sp³-hybridized carbons (Fsp3) is 0.667. The van der Waals surface area contributed by atoms with Gasteiger partial charge in [-0.15, -0.1) is 0 Å². The van der Waals surface area contributed by atoms with E-state index in [1.54, 1.807) is 6.26 Å². The first kappa shape index (κ1) is 16.1. The second-order valence-corrected chi connectivity index (χ2v) is 6.75. The highest BCUT2D eigenvalue weighted by molar-refractivity contribution is 5.76. The summed E-state index contributed by atoms with van der Waals surface area (Å²) in [6.07, 6.45) is 12.5. The number of ether oxygens (including phenoxy) is 3. The van der Waals surface area contributed by atoms with E-state index in [2.05, 4.69) is 6.07 Å². The Morgan fingerprint density at radius 3 is 2.74 bits per heavy atom. The van der Waals surface area contributed by atoms with Crippen LogP contribution >= 0.6 is 0 Å².